The molecule has 0 N–H and O–H groups in total. The second kappa shape index (κ2) is 5.66. The van der Waals surface area contributed by atoms with E-state index in [4.69, 9.17) is 23.2 Å². The Morgan fingerprint density at radius 3 is 2.43 bits per heavy atom. The van der Waals surface area contributed by atoms with E-state index in [1.54, 1.807) is 18.2 Å². The highest BCUT2D eigenvalue weighted by atomic mass is 35.5. The summed E-state index contributed by atoms with van der Waals surface area (Å²) >= 11 is 12.3. The maximum absolute atomic E-state index is 11.2. The first-order chi connectivity index (χ1) is 9.77. The lowest BCUT2D eigenvalue weighted by Crippen LogP contribution is -2.14. The fraction of sp³-hybridized carbons (Fsp3) is 0.357. The Kier molecular flexibility index (Phi) is 4.25. The third-order valence-corrected chi connectivity index (χ3v) is 3.73. The highest BCUT2D eigenvalue weighted by Crippen LogP contribution is 2.34. The van der Waals surface area contributed by atoms with Crippen LogP contribution in [0.25, 0.3) is 5.69 Å². The van der Waals surface area contributed by atoms with Crippen molar-refractivity contribution in [2.75, 3.05) is 0 Å². The predicted octanol–water partition coefficient (Wildman–Crippen LogP) is 4.47. The number of para-hydroxylation sites is 2. The van der Waals surface area contributed by atoms with Crippen LogP contribution in [-0.4, -0.2) is 14.7 Å². The van der Waals surface area contributed by atoms with Gasteiger partial charge in [0.15, 0.2) is 0 Å². The molecular weight excluding hydrogens is 313 g/mol. The summed E-state index contributed by atoms with van der Waals surface area (Å²) in [6.45, 7) is 5.97. The summed E-state index contributed by atoms with van der Waals surface area (Å²) in [5.41, 5.74) is 1.45. The average molecular weight is 328 g/mol. The summed E-state index contributed by atoms with van der Waals surface area (Å²) in [5, 5.41) is 15.9. The Balaban J connectivity index is 2.72. The van der Waals surface area contributed by atoms with Crippen molar-refractivity contribution in [3.63, 3.8) is 0 Å². The number of nitro groups is 1. The molecule has 0 saturated heterocycles. The second-order valence-electron chi connectivity index (χ2n) is 5.66. The monoisotopic (exact) mass is 327 g/mol. The van der Waals surface area contributed by atoms with Crippen LogP contribution in [0.15, 0.2) is 24.3 Å². The van der Waals surface area contributed by atoms with E-state index in [0.29, 0.717) is 16.4 Å². The predicted molar refractivity (Wildman–Crippen MR) is 83.5 cm³/mol. The van der Waals surface area contributed by atoms with Gasteiger partial charge < -0.3 is 0 Å². The molecule has 0 radical (unpaired) electrons. The lowest BCUT2D eigenvalue weighted by Gasteiger charge is -2.16. The van der Waals surface area contributed by atoms with E-state index in [0.717, 1.165) is 5.69 Å². The van der Waals surface area contributed by atoms with Crippen molar-refractivity contribution in [1.82, 2.24) is 9.78 Å². The molecule has 5 nitrogen and oxygen atoms in total. The smallest absolute Gasteiger partial charge is 0.258 e. The minimum absolute atomic E-state index is 0.0523. The standard InChI is InChI=1S/C14H15Cl2N3O2/c1-14(2,3)12-9(8-15)13(16)18(17-12)10-6-4-5-7-11(10)19(20)21/h4-7H,8H2,1-3H3. The third-order valence-electron chi connectivity index (χ3n) is 3.07. The van der Waals surface area contributed by atoms with E-state index in [1.165, 1.54) is 10.7 Å². The molecule has 0 bridgehead atoms. The van der Waals surface area contributed by atoms with E-state index in [1.807, 2.05) is 20.8 Å². The zero-order valence-electron chi connectivity index (χ0n) is 11.9. The van der Waals surface area contributed by atoms with Gasteiger partial charge >= 0.3 is 0 Å². The van der Waals surface area contributed by atoms with Crippen LogP contribution in [0.4, 0.5) is 5.69 Å². The molecular formula is C14H15Cl2N3O2. The summed E-state index contributed by atoms with van der Waals surface area (Å²) in [7, 11) is 0. The molecule has 2 rings (SSSR count). The van der Waals surface area contributed by atoms with Crippen LogP contribution in [0.2, 0.25) is 5.15 Å². The zero-order valence-corrected chi connectivity index (χ0v) is 13.4. The van der Waals surface area contributed by atoms with Gasteiger partial charge in [0, 0.05) is 17.0 Å². The maximum Gasteiger partial charge on any atom is 0.294 e. The number of aromatic nitrogens is 2. The van der Waals surface area contributed by atoms with Crippen LogP contribution in [0.3, 0.4) is 0 Å². The molecule has 1 aromatic heterocycles. The summed E-state index contributed by atoms with van der Waals surface area (Å²) in [5.74, 6) is 0.200. The minimum Gasteiger partial charge on any atom is -0.258 e. The molecule has 0 aliphatic carbocycles. The van der Waals surface area contributed by atoms with Crippen LogP contribution in [0.5, 0.6) is 0 Å². The molecule has 0 saturated carbocycles. The van der Waals surface area contributed by atoms with Crippen molar-refractivity contribution in [1.29, 1.82) is 0 Å². The van der Waals surface area contributed by atoms with Gasteiger partial charge in [-0.3, -0.25) is 10.1 Å². The summed E-state index contributed by atoms with van der Waals surface area (Å²) in [4.78, 5) is 10.7. The Bertz CT molecular complexity index is 690. The van der Waals surface area contributed by atoms with E-state index < -0.39 is 4.92 Å². The molecule has 0 aliphatic rings. The van der Waals surface area contributed by atoms with Gasteiger partial charge in [0.1, 0.15) is 10.8 Å². The molecule has 0 fully saturated rings. The number of hydrogen-bond donors (Lipinski definition) is 0. The lowest BCUT2D eigenvalue weighted by atomic mass is 9.90. The molecule has 0 atom stereocenters. The molecule has 112 valence electrons. The van der Waals surface area contributed by atoms with Crippen LogP contribution in [0, 0.1) is 10.1 Å². The first-order valence-corrected chi connectivity index (χ1v) is 7.26. The van der Waals surface area contributed by atoms with Crippen molar-refractivity contribution in [2.45, 2.75) is 32.1 Å². The van der Waals surface area contributed by atoms with Crippen LogP contribution in [0.1, 0.15) is 32.0 Å². The van der Waals surface area contributed by atoms with Gasteiger partial charge in [0.05, 0.1) is 16.5 Å². The van der Waals surface area contributed by atoms with Crippen molar-refractivity contribution in [3.8, 4) is 5.69 Å². The van der Waals surface area contributed by atoms with Gasteiger partial charge in [-0.05, 0) is 6.07 Å². The molecule has 0 amide bonds. The van der Waals surface area contributed by atoms with Gasteiger partial charge in [0.2, 0.25) is 0 Å². The number of halogens is 2. The topological polar surface area (TPSA) is 61.0 Å². The molecule has 0 spiro atoms. The van der Waals surface area contributed by atoms with E-state index in [2.05, 4.69) is 5.10 Å². The summed E-state index contributed by atoms with van der Waals surface area (Å²) in [6.07, 6.45) is 0. The fourth-order valence-electron chi connectivity index (χ4n) is 2.11. The molecule has 0 aliphatic heterocycles. The zero-order chi connectivity index (χ0) is 15.8. The van der Waals surface area contributed by atoms with E-state index in [-0.39, 0.29) is 17.0 Å². The first kappa shape index (κ1) is 15.8. The highest BCUT2D eigenvalue weighted by Gasteiger charge is 2.28. The van der Waals surface area contributed by atoms with Gasteiger partial charge in [-0.15, -0.1) is 11.6 Å². The molecule has 1 heterocycles. The van der Waals surface area contributed by atoms with Gasteiger partial charge in [-0.1, -0.05) is 44.5 Å². The molecule has 0 unspecified atom stereocenters. The van der Waals surface area contributed by atoms with E-state index in [9.17, 15) is 10.1 Å². The number of nitrogens with zero attached hydrogens (tertiary/aromatic N) is 3. The highest BCUT2D eigenvalue weighted by molar-refractivity contribution is 6.31. The first-order valence-electron chi connectivity index (χ1n) is 6.35. The van der Waals surface area contributed by atoms with Crippen molar-refractivity contribution in [3.05, 3.63) is 50.8 Å². The van der Waals surface area contributed by atoms with Gasteiger partial charge in [-0.2, -0.15) is 5.10 Å². The maximum atomic E-state index is 11.2. The fourth-order valence-corrected chi connectivity index (χ4v) is 2.71. The SMILES string of the molecule is CC(C)(C)c1nn(-c2ccccc2[N+](=O)[O-])c(Cl)c1CCl. The molecule has 1 aromatic carbocycles. The van der Waals surface area contributed by atoms with Crippen molar-refractivity contribution >= 4 is 28.9 Å². The van der Waals surface area contributed by atoms with Crippen molar-refractivity contribution < 1.29 is 4.92 Å². The summed E-state index contributed by atoms with van der Waals surface area (Å²) in [6, 6.07) is 6.34. The van der Waals surface area contributed by atoms with E-state index >= 15 is 0 Å². The minimum atomic E-state index is -0.454. The Morgan fingerprint density at radius 2 is 1.95 bits per heavy atom. The largest absolute Gasteiger partial charge is 0.294 e. The Labute approximate surface area is 132 Å². The number of rotatable bonds is 3. The lowest BCUT2D eigenvalue weighted by molar-refractivity contribution is -0.384. The van der Waals surface area contributed by atoms with Gasteiger partial charge in [0.25, 0.3) is 5.69 Å². The quantitative estimate of drug-likeness (QED) is 0.474. The molecule has 21 heavy (non-hydrogen) atoms. The van der Waals surface area contributed by atoms with Crippen LogP contribution < -0.4 is 0 Å². The number of hydrogen-bond acceptors (Lipinski definition) is 3. The Hall–Kier alpha value is -1.59. The molecule has 2 aromatic rings. The average Bonchev–Trinajstić information content (AvgIpc) is 2.75. The number of benzene rings is 1. The number of alkyl halides is 1. The molecule has 7 heteroatoms. The van der Waals surface area contributed by atoms with Gasteiger partial charge in [-0.25, -0.2) is 4.68 Å². The number of nitro benzene ring substituents is 1. The normalized spacial score (nSPS) is 11.7. The second-order valence-corrected chi connectivity index (χ2v) is 6.28. The third kappa shape index (κ3) is 2.89. The summed E-state index contributed by atoms with van der Waals surface area (Å²) < 4.78 is 1.39. The van der Waals surface area contributed by atoms with Crippen LogP contribution in [-0.2, 0) is 11.3 Å². The van der Waals surface area contributed by atoms with Crippen LogP contribution >= 0.6 is 23.2 Å². The Morgan fingerprint density at radius 1 is 1.33 bits per heavy atom. The van der Waals surface area contributed by atoms with Crippen molar-refractivity contribution in [2.24, 2.45) is 0 Å².